The Morgan fingerprint density at radius 1 is 1.29 bits per heavy atom. The van der Waals surface area contributed by atoms with Gasteiger partial charge in [-0.1, -0.05) is 0 Å². The Morgan fingerprint density at radius 3 is 2.29 bits per heavy atom. The first-order valence-electron chi connectivity index (χ1n) is 5.71. The SMILES string of the molecule is COCCN(CCCN)S(=O)(=O)NC(C)(C)C. The Morgan fingerprint density at radius 2 is 1.88 bits per heavy atom. The van der Waals surface area contributed by atoms with E-state index in [2.05, 4.69) is 4.72 Å². The lowest BCUT2D eigenvalue weighted by Crippen LogP contribution is -2.50. The van der Waals surface area contributed by atoms with Gasteiger partial charge >= 0.3 is 0 Å². The van der Waals surface area contributed by atoms with Crippen LogP contribution in [0.3, 0.4) is 0 Å². The summed E-state index contributed by atoms with van der Waals surface area (Å²) in [6.07, 6.45) is 0.634. The van der Waals surface area contributed by atoms with Crippen molar-refractivity contribution in [3.05, 3.63) is 0 Å². The zero-order chi connectivity index (χ0) is 13.5. The van der Waals surface area contributed by atoms with Crippen molar-refractivity contribution in [2.75, 3.05) is 33.4 Å². The lowest BCUT2D eigenvalue weighted by molar-refractivity contribution is 0.177. The van der Waals surface area contributed by atoms with Gasteiger partial charge in [0.05, 0.1) is 6.61 Å². The van der Waals surface area contributed by atoms with Crippen LogP contribution in [0.1, 0.15) is 27.2 Å². The van der Waals surface area contributed by atoms with Crippen molar-refractivity contribution in [1.29, 1.82) is 0 Å². The third-order valence-electron chi connectivity index (χ3n) is 1.93. The van der Waals surface area contributed by atoms with E-state index in [1.807, 2.05) is 20.8 Å². The summed E-state index contributed by atoms with van der Waals surface area (Å²) < 4.78 is 33.1. The highest BCUT2D eigenvalue weighted by Crippen LogP contribution is 2.07. The summed E-state index contributed by atoms with van der Waals surface area (Å²) >= 11 is 0. The molecule has 0 spiro atoms. The molecule has 0 bridgehead atoms. The van der Waals surface area contributed by atoms with Gasteiger partial charge in [0.15, 0.2) is 0 Å². The van der Waals surface area contributed by atoms with E-state index in [9.17, 15) is 8.42 Å². The average molecular weight is 267 g/mol. The smallest absolute Gasteiger partial charge is 0.280 e. The Labute approximate surface area is 105 Å². The minimum absolute atomic E-state index is 0.335. The van der Waals surface area contributed by atoms with E-state index in [1.54, 1.807) is 7.11 Å². The monoisotopic (exact) mass is 267 g/mol. The molecule has 0 amide bonds. The third kappa shape index (κ3) is 7.67. The Bertz CT molecular complexity index is 290. The molecule has 0 rings (SSSR count). The van der Waals surface area contributed by atoms with Crippen molar-refractivity contribution >= 4 is 10.2 Å². The van der Waals surface area contributed by atoms with E-state index in [-0.39, 0.29) is 0 Å². The molecule has 0 aromatic rings. The van der Waals surface area contributed by atoms with Crippen LogP contribution in [-0.2, 0) is 14.9 Å². The number of nitrogens with zero attached hydrogens (tertiary/aromatic N) is 1. The molecule has 0 aliphatic rings. The van der Waals surface area contributed by atoms with Crippen LogP contribution in [0.25, 0.3) is 0 Å². The fraction of sp³-hybridized carbons (Fsp3) is 1.00. The van der Waals surface area contributed by atoms with Gasteiger partial charge in [0.1, 0.15) is 0 Å². The summed E-state index contributed by atoms with van der Waals surface area (Å²) in [6.45, 7) is 7.00. The fourth-order valence-electron chi connectivity index (χ4n) is 1.26. The van der Waals surface area contributed by atoms with E-state index in [0.717, 1.165) is 0 Å². The Kier molecular flexibility index (Phi) is 7.18. The largest absolute Gasteiger partial charge is 0.383 e. The van der Waals surface area contributed by atoms with Crippen molar-refractivity contribution in [3.63, 3.8) is 0 Å². The van der Waals surface area contributed by atoms with E-state index in [0.29, 0.717) is 32.7 Å². The third-order valence-corrected chi connectivity index (χ3v) is 3.85. The summed E-state index contributed by atoms with van der Waals surface area (Å²) in [7, 11) is -1.93. The van der Waals surface area contributed by atoms with Crippen LogP contribution in [0.15, 0.2) is 0 Å². The molecule has 0 radical (unpaired) electrons. The second-order valence-electron chi connectivity index (χ2n) is 4.89. The maximum Gasteiger partial charge on any atom is 0.280 e. The summed E-state index contributed by atoms with van der Waals surface area (Å²) in [5, 5.41) is 0. The van der Waals surface area contributed by atoms with Crippen molar-refractivity contribution < 1.29 is 13.2 Å². The molecule has 3 N–H and O–H groups in total. The molecule has 0 aliphatic heterocycles. The summed E-state index contributed by atoms with van der Waals surface area (Å²) in [5.74, 6) is 0. The number of hydrogen-bond acceptors (Lipinski definition) is 4. The number of nitrogens with one attached hydrogen (secondary N) is 1. The topological polar surface area (TPSA) is 84.7 Å². The molecule has 0 unspecified atom stereocenters. The second kappa shape index (κ2) is 7.27. The summed E-state index contributed by atoms with van der Waals surface area (Å²) in [4.78, 5) is 0. The number of hydrogen-bond donors (Lipinski definition) is 2. The summed E-state index contributed by atoms with van der Waals surface area (Å²) in [5.41, 5.74) is 4.91. The molecule has 6 nitrogen and oxygen atoms in total. The zero-order valence-corrected chi connectivity index (χ0v) is 12.0. The Hall–Kier alpha value is -0.210. The van der Waals surface area contributed by atoms with Gasteiger partial charge in [0.25, 0.3) is 10.2 Å². The molecule has 0 atom stereocenters. The van der Waals surface area contributed by atoms with E-state index < -0.39 is 15.7 Å². The van der Waals surface area contributed by atoms with Gasteiger partial charge in [-0.3, -0.25) is 0 Å². The number of methoxy groups -OCH3 is 1. The lowest BCUT2D eigenvalue weighted by atomic mass is 10.1. The molecule has 17 heavy (non-hydrogen) atoms. The first kappa shape index (κ1) is 16.8. The van der Waals surface area contributed by atoms with E-state index >= 15 is 0 Å². The molecule has 0 aromatic heterocycles. The molecular formula is C10H25N3O3S. The highest BCUT2D eigenvalue weighted by Gasteiger charge is 2.26. The molecule has 0 saturated heterocycles. The van der Waals surface area contributed by atoms with Crippen LogP contribution in [0, 0.1) is 0 Å². The highest BCUT2D eigenvalue weighted by molar-refractivity contribution is 7.87. The standard InChI is InChI=1S/C10H25N3O3S/c1-10(2,3)12-17(14,15)13(7-5-6-11)8-9-16-4/h12H,5-9,11H2,1-4H3. The van der Waals surface area contributed by atoms with Crippen molar-refractivity contribution in [2.45, 2.75) is 32.7 Å². The molecule has 104 valence electrons. The molecule has 7 heteroatoms. The minimum Gasteiger partial charge on any atom is -0.383 e. The van der Waals surface area contributed by atoms with Gasteiger partial charge in [-0.25, -0.2) is 0 Å². The van der Waals surface area contributed by atoms with E-state index in [4.69, 9.17) is 10.5 Å². The maximum absolute atomic E-state index is 12.1. The van der Waals surface area contributed by atoms with Crippen molar-refractivity contribution in [2.24, 2.45) is 5.73 Å². The van der Waals surface area contributed by atoms with Crippen LogP contribution in [0.2, 0.25) is 0 Å². The van der Waals surface area contributed by atoms with Gasteiger partial charge < -0.3 is 10.5 Å². The van der Waals surface area contributed by atoms with E-state index in [1.165, 1.54) is 4.31 Å². The van der Waals surface area contributed by atoms with Crippen LogP contribution in [-0.4, -0.2) is 51.6 Å². The highest BCUT2D eigenvalue weighted by atomic mass is 32.2. The predicted molar refractivity (Wildman–Crippen MR) is 68.9 cm³/mol. The zero-order valence-electron chi connectivity index (χ0n) is 11.2. The number of ether oxygens (including phenoxy) is 1. The Balaban J connectivity index is 4.63. The quantitative estimate of drug-likeness (QED) is 0.644. The normalized spacial score (nSPS) is 13.3. The van der Waals surface area contributed by atoms with Gasteiger partial charge in [0.2, 0.25) is 0 Å². The summed E-state index contributed by atoms with van der Waals surface area (Å²) in [6, 6.07) is 0. The van der Waals surface area contributed by atoms with Gasteiger partial charge in [-0.05, 0) is 33.7 Å². The van der Waals surface area contributed by atoms with Crippen molar-refractivity contribution in [1.82, 2.24) is 9.03 Å². The number of nitrogens with two attached hydrogens (primary N) is 1. The predicted octanol–water partition coefficient (Wildman–Crippen LogP) is -0.0835. The van der Waals surface area contributed by atoms with Gasteiger partial charge in [-0.2, -0.15) is 17.4 Å². The molecular weight excluding hydrogens is 242 g/mol. The van der Waals surface area contributed by atoms with Crippen molar-refractivity contribution in [3.8, 4) is 0 Å². The van der Waals surface area contributed by atoms with Crippen LogP contribution in [0.4, 0.5) is 0 Å². The lowest BCUT2D eigenvalue weighted by Gasteiger charge is -2.27. The molecule has 0 fully saturated rings. The first-order chi connectivity index (χ1) is 7.73. The molecule has 0 heterocycles. The van der Waals surface area contributed by atoms with Crippen LogP contribution in [0.5, 0.6) is 0 Å². The minimum atomic E-state index is -3.48. The second-order valence-corrected chi connectivity index (χ2v) is 6.56. The average Bonchev–Trinajstić information content (AvgIpc) is 2.13. The molecule has 0 aromatic carbocycles. The van der Waals surface area contributed by atoms with Crippen LogP contribution >= 0.6 is 0 Å². The molecule has 0 aliphatic carbocycles. The van der Waals surface area contributed by atoms with Gasteiger partial charge in [0, 0.05) is 25.7 Å². The fourth-order valence-corrected chi connectivity index (χ4v) is 2.85. The van der Waals surface area contributed by atoms with Gasteiger partial charge in [-0.15, -0.1) is 0 Å². The number of rotatable bonds is 8. The van der Waals surface area contributed by atoms with Crippen LogP contribution < -0.4 is 10.5 Å². The molecule has 0 saturated carbocycles. The maximum atomic E-state index is 12.1. The first-order valence-corrected chi connectivity index (χ1v) is 7.15.